The molecule has 0 heterocycles. The molecule has 0 aliphatic heterocycles. The molecular weight excluding hydrogens is 316 g/mol. The highest BCUT2D eigenvalue weighted by atomic mass is 32.2. The van der Waals surface area contributed by atoms with Crippen LogP contribution in [0.4, 0.5) is 0 Å². The molecule has 2 aromatic carbocycles. The van der Waals surface area contributed by atoms with E-state index in [9.17, 15) is 8.42 Å². The zero-order valence-corrected chi connectivity index (χ0v) is 15.2. The Hall–Kier alpha value is -1.61. The Kier molecular flexibility index (Phi) is 7.51. The maximum Gasteiger partial charge on any atom is 0.178 e. The van der Waals surface area contributed by atoms with Gasteiger partial charge in [-0.3, -0.25) is 0 Å². The van der Waals surface area contributed by atoms with Crippen LogP contribution in [0.3, 0.4) is 0 Å². The minimum atomic E-state index is -3.17. The lowest BCUT2D eigenvalue weighted by Crippen LogP contribution is -2.06. The van der Waals surface area contributed by atoms with Crippen molar-refractivity contribution in [2.75, 3.05) is 5.75 Å². The summed E-state index contributed by atoms with van der Waals surface area (Å²) in [6.45, 7) is 3.73. The normalized spacial score (nSPS) is 11.7. The Morgan fingerprint density at radius 3 is 2.12 bits per heavy atom. The first-order valence-electron chi connectivity index (χ1n) is 8.96. The number of fused-ring (bicyclic) bond motifs is 1. The smallest absolute Gasteiger partial charge is 0.178 e. The van der Waals surface area contributed by atoms with E-state index in [1.54, 1.807) is 12.1 Å². The number of unbranched alkanes of at least 4 members (excludes halogenated alkanes) is 7. The number of rotatable bonds is 11. The molecule has 0 radical (unpaired) electrons. The molecule has 2 rings (SSSR count). The monoisotopic (exact) mass is 344 g/mol. The van der Waals surface area contributed by atoms with E-state index in [0.717, 1.165) is 36.5 Å². The molecular formula is C21H28O2S. The van der Waals surface area contributed by atoms with Gasteiger partial charge in [-0.15, -0.1) is 6.58 Å². The Bertz CT molecular complexity index is 747. The first-order chi connectivity index (χ1) is 11.6. The van der Waals surface area contributed by atoms with Crippen molar-refractivity contribution in [3.05, 3.63) is 55.1 Å². The third kappa shape index (κ3) is 5.79. The Morgan fingerprint density at radius 2 is 1.42 bits per heavy atom. The number of hydrogen-bond acceptors (Lipinski definition) is 2. The van der Waals surface area contributed by atoms with Gasteiger partial charge in [0.15, 0.2) is 9.84 Å². The number of benzene rings is 2. The summed E-state index contributed by atoms with van der Waals surface area (Å²) in [5.74, 6) is 0.252. The quantitative estimate of drug-likeness (QED) is 0.374. The van der Waals surface area contributed by atoms with Crippen LogP contribution in [0.25, 0.3) is 10.8 Å². The fourth-order valence-corrected chi connectivity index (χ4v) is 4.35. The fourth-order valence-electron chi connectivity index (χ4n) is 2.94. The topological polar surface area (TPSA) is 34.1 Å². The largest absolute Gasteiger partial charge is 0.224 e. The predicted octanol–water partition coefficient (Wildman–Crippen LogP) is 5.92. The standard InChI is InChI=1S/C21H28O2S/c1-2-3-4-5-6-7-8-9-12-17-24(22,23)21-16-15-19-13-10-11-14-20(19)18-21/h2,10-11,13-16,18H,1,3-9,12,17H2. The van der Waals surface area contributed by atoms with Crippen LogP contribution in [0.1, 0.15) is 51.4 Å². The fraction of sp³-hybridized carbons (Fsp3) is 0.429. The summed E-state index contributed by atoms with van der Waals surface area (Å²) in [5.41, 5.74) is 0. The van der Waals surface area contributed by atoms with Crippen LogP contribution in [0.2, 0.25) is 0 Å². The molecule has 0 atom stereocenters. The maximum atomic E-state index is 12.5. The lowest BCUT2D eigenvalue weighted by Gasteiger charge is -2.06. The number of sulfone groups is 1. The second kappa shape index (κ2) is 9.63. The zero-order valence-electron chi connectivity index (χ0n) is 14.4. The van der Waals surface area contributed by atoms with Crippen molar-refractivity contribution < 1.29 is 8.42 Å². The van der Waals surface area contributed by atoms with Crippen molar-refractivity contribution in [1.82, 2.24) is 0 Å². The Labute approximate surface area is 146 Å². The highest BCUT2D eigenvalue weighted by Gasteiger charge is 2.14. The summed E-state index contributed by atoms with van der Waals surface area (Å²) >= 11 is 0. The van der Waals surface area contributed by atoms with E-state index in [1.807, 2.05) is 36.4 Å². The predicted molar refractivity (Wildman–Crippen MR) is 103 cm³/mol. The summed E-state index contributed by atoms with van der Waals surface area (Å²) in [5, 5.41) is 2.06. The van der Waals surface area contributed by atoms with Gasteiger partial charge in [-0.25, -0.2) is 8.42 Å². The van der Waals surface area contributed by atoms with E-state index in [4.69, 9.17) is 0 Å². The molecule has 0 bridgehead atoms. The van der Waals surface area contributed by atoms with Crippen LogP contribution in [0, 0.1) is 0 Å². The van der Waals surface area contributed by atoms with Gasteiger partial charge in [-0.05, 0) is 42.2 Å². The van der Waals surface area contributed by atoms with E-state index >= 15 is 0 Å². The lowest BCUT2D eigenvalue weighted by atomic mass is 10.1. The van der Waals surface area contributed by atoms with Crippen LogP contribution in [-0.4, -0.2) is 14.2 Å². The van der Waals surface area contributed by atoms with Crippen LogP contribution in [0.5, 0.6) is 0 Å². The van der Waals surface area contributed by atoms with Gasteiger partial charge in [0.25, 0.3) is 0 Å². The van der Waals surface area contributed by atoms with Gasteiger partial charge >= 0.3 is 0 Å². The molecule has 0 amide bonds. The first-order valence-corrected chi connectivity index (χ1v) is 10.6. The van der Waals surface area contributed by atoms with Gasteiger partial charge in [0.05, 0.1) is 10.6 Å². The third-order valence-electron chi connectivity index (χ3n) is 4.40. The molecule has 0 aliphatic carbocycles. The summed E-state index contributed by atoms with van der Waals surface area (Å²) in [6.07, 6.45) is 10.9. The van der Waals surface area contributed by atoms with Crippen LogP contribution in [-0.2, 0) is 9.84 Å². The molecule has 2 aromatic rings. The second-order valence-electron chi connectivity index (χ2n) is 6.38. The molecule has 130 valence electrons. The van der Waals surface area contributed by atoms with Crippen LogP contribution in [0.15, 0.2) is 60.0 Å². The molecule has 0 saturated carbocycles. The van der Waals surface area contributed by atoms with Crippen molar-refractivity contribution in [2.24, 2.45) is 0 Å². The molecule has 0 aromatic heterocycles. The second-order valence-corrected chi connectivity index (χ2v) is 8.49. The number of allylic oxidation sites excluding steroid dienone is 1. The molecule has 24 heavy (non-hydrogen) atoms. The van der Waals surface area contributed by atoms with Crippen molar-refractivity contribution in [3.8, 4) is 0 Å². The maximum absolute atomic E-state index is 12.5. The average Bonchev–Trinajstić information content (AvgIpc) is 2.60. The highest BCUT2D eigenvalue weighted by Crippen LogP contribution is 2.21. The molecule has 2 nitrogen and oxygen atoms in total. The van der Waals surface area contributed by atoms with Gasteiger partial charge in [0.2, 0.25) is 0 Å². The first kappa shape index (κ1) is 18.7. The van der Waals surface area contributed by atoms with Crippen molar-refractivity contribution in [2.45, 2.75) is 56.3 Å². The molecule has 0 fully saturated rings. The minimum absolute atomic E-state index is 0.252. The van der Waals surface area contributed by atoms with Crippen LogP contribution < -0.4 is 0 Å². The third-order valence-corrected chi connectivity index (χ3v) is 6.20. The van der Waals surface area contributed by atoms with E-state index in [-0.39, 0.29) is 5.75 Å². The molecule has 3 heteroatoms. The van der Waals surface area contributed by atoms with Crippen molar-refractivity contribution >= 4 is 20.6 Å². The lowest BCUT2D eigenvalue weighted by molar-refractivity contribution is 0.576. The molecule has 0 N–H and O–H groups in total. The van der Waals surface area contributed by atoms with Gasteiger partial charge < -0.3 is 0 Å². The zero-order chi connectivity index (χ0) is 17.3. The Balaban J connectivity index is 1.75. The molecule has 0 aliphatic rings. The minimum Gasteiger partial charge on any atom is -0.224 e. The van der Waals surface area contributed by atoms with Crippen molar-refractivity contribution in [1.29, 1.82) is 0 Å². The van der Waals surface area contributed by atoms with Gasteiger partial charge in [0, 0.05) is 0 Å². The molecule has 0 saturated heterocycles. The van der Waals surface area contributed by atoms with E-state index in [1.165, 1.54) is 25.7 Å². The van der Waals surface area contributed by atoms with E-state index in [0.29, 0.717) is 4.90 Å². The van der Waals surface area contributed by atoms with Gasteiger partial charge in [0.1, 0.15) is 0 Å². The summed E-state index contributed by atoms with van der Waals surface area (Å²) in [4.78, 5) is 0.450. The van der Waals surface area contributed by atoms with E-state index < -0.39 is 9.84 Å². The molecule has 0 spiro atoms. The summed E-state index contributed by atoms with van der Waals surface area (Å²) in [6, 6.07) is 13.3. The number of hydrogen-bond donors (Lipinski definition) is 0. The molecule has 0 unspecified atom stereocenters. The average molecular weight is 345 g/mol. The highest BCUT2D eigenvalue weighted by molar-refractivity contribution is 7.91. The van der Waals surface area contributed by atoms with E-state index in [2.05, 4.69) is 6.58 Å². The summed E-state index contributed by atoms with van der Waals surface area (Å²) < 4.78 is 24.9. The van der Waals surface area contributed by atoms with Gasteiger partial charge in [-0.2, -0.15) is 0 Å². The SMILES string of the molecule is C=CCCCCCCCCCS(=O)(=O)c1ccc2ccccc2c1. The summed E-state index contributed by atoms with van der Waals surface area (Å²) in [7, 11) is -3.17. The Morgan fingerprint density at radius 1 is 0.792 bits per heavy atom. The van der Waals surface area contributed by atoms with Gasteiger partial charge in [-0.1, -0.05) is 68.5 Å². The van der Waals surface area contributed by atoms with Crippen LogP contribution >= 0.6 is 0 Å². The van der Waals surface area contributed by atoms with Crippen molar-refractivity contribution in [3.63, 3.8) is 0 Å².